The minimum atomic E-state index is 0.596. The number of nitrogens with zero attached hydrogens (tertiary/aromatic N) is 4. The monoisotopic (exact) mass is 792 g/mol. The molecule has 0 amide bonds. The molecule has 3 aromatic heterocycles. The van der Waals surface area contributed by atoms with Crippen LogP contribution in [0.2, 0.25) is 0 Å². The lowest BCUT2D eigenvalue weighted by Gasteiger charge is -2.11. The Morgan fingerprint density at radius 2 is 0.790 bits per heavy atom. The van der Waals surface area contributed by atoms with Crippen LogP contribution in [-0.4, -0.2) is 19.5 Å². The molecule has 0 fully saturated rings. The predicted molar refractivity (Wildman–Crippen MR) is 254 cm³/mol. The van der Waals surface area contributed by atoms with Gasteiger partial charge in [0.2, 0.25) is 0 Å². The van der Waals surface area contributed by atoms with Gasteiger partial charge in [0, 0.05) is 43.9 Å². The molecule has 0 saturated carbocycles. The van der Waals surface area contributed by atoms with Crippen molar-refractivity contribution in [3.63, 3.8) is 0 Å². The van der Waals surface area contributed by atoms with Crippen LogP contribution < -0.4 is 0 Å². The van der Waals surface area contributed by atoms with Gasteiger partial charge in [-0.2, -0.15) is 0 Å². The van der Waals surface area contributed by atoms with Gasteiger partial charge in [-0.25, -0.2) is 15.0 Å². The number of fused-ring (bicyclic) bond motifs is 7. The Hall–Kier alpha value is -8.41. The van der Waals surface area contributed by atoms with Gasteiger partial charge < -0.3 is 8.98 Å². The summed E-state index contributed by atoms with van der Waals surface area (Å²) < 4.78 is 9.24. The Bertz CT molecular complexity index is 3610. The van der Waals surface area contributed by atoms with E-state index in [1.54, 1.807) is 0 Å². The molecule has 0 aliphatic heterocycles. The summed E-state index contributed by atoms with van der Waals surface area (Å²) in [6.07, 6.45) is 0. The molecule has 3 heterocycles. The topological polar surface area (TPSA) is 56.7 Å². The maximum absolute atomic E-state index is 6.89. The van der Waals surface area contributed by atoms with Gasteiger partial charge in [-0.3, -0.25) is 0 Å². The third-order valence-corrected chi connectivity index (χ3v) is 11.9. The largest absolute Gasteiger partial charge is 0.454 e. The fraction of sp³-hybridized carbons (Fsp3) is 0. The number of furan rings is 1. The van der Waals surface area contributed by atoms with Crippen molar-refractivity contribution in [2.75, 3.05) is 0 Å². The van der Waals surface area contributed by atoms with Crippen molar-refractivity contribution >= 4 is 43.7 Å². The van der Waals surface area contributed by atoms with Crippen LogP contribution >= 0.6 is 0 Å². The maximum Gasteiger partial charge on any atom is 0.164 e. The number of hydrogen-bond donors (Lipinski definition) is 0. The van der Waals surface area contributed by atoms with Crippen LogP contribution in [0.3, 0.4) is 0 Å². The first kappa shape index (κ1) is 35.5. The number of hydrogen-bond acceptors (Lipinski definition) is 4. The lowest BCUT2D eigenvalue weighted by Crippen LogP contribution is -2.00. The second-order valence-electron chi connectivity index (χ2n) is 15.6. The minimum Gasteiger partial charge on any atom is -0.454 e. The van der Waals surface area contributed by atoms with E-state index in [0.717, 1.165) is 83.0 Å². The van der Waals surface area contributed by atoms with E-state index in [9.17, 15) is 0 Å². The molecule has 5 nitrogen and oxygen atoms in total. The number of aromatic nitrogens is 4. The molecule has 62 heavy (non-hydrogen) atoms. The summed E-state index contributed by atoms with van der Waals surface area (Å²) in [5.41, 5.74) is 14.5. The highest BCUT2D eigenvalue weighted by Crippen LogP contribution is 2.42. The maximum atomic E-state index is 6.89. The van der Waals surface area contributed by atoms with Crippen molar-refractivity contribution in [2.45, 2.75) is 0 Å². The lowest BCUT2D eigenvalue weighted by molar-refractivity contribution is 0.671. The molecular weight excluding hydrogens is 757 g/mol. The van der Waals surface area contributed by atoms with Crippen LogP contribution in [0, 0.1) is 0 Å². The smallest absolute Gasteiger partial charge is 0.164 e. The molecule has 0 N–H and O–H groups in total. The number of para-hydroxylation sites is 1. The zero-order chi connectivity index (χ0) is 41.0. The van der Waals surface area contributed by atoms with E-state index in [0.29, 0.717) is 17.5 Å². The first-order chi connectivity index (χ1) is 30.7. The van der Waals surface area contributed by atoms with E-state index >= 15 is 0 Å². The van der Waals surface area contributed by atoms with Gasteiger partial charge in [0.25, 0.3) is 0 Å². The minimum absolute atomic E-state index is 0.596. The molecule has 0 bridgehead atoms. The van der Waals surface area contributed by atoms with E-state index in [1.165, 1.54) is 16.5 Å². The van der Waals surface area contributed by atoms with Crippen molar-refractivity contribution in [1.29, 1.82) is 0 Å². The fourth-order valence-electron chi connectivity index (χ4n) is 8.82. The van der Waals surface area contributed by atoms with Crippen LogP contribution in [0.5, 0.6) is 0 Å². The third kappa shape index (κ3) is 6.14. The highest BCUT2D eigenvalue weighted by atomic mass is 16.3. The molecule has 5 heteroatoms. The SMILES string of the molecule is c1ccc(-c2ccc(-c3cccc(-n4c5ccccc5c5ccc6c7cc(-c8nc(-c9ccccc9)nc(-c9cccc(-c%10ccccc%10)c9)n8)ccc7oc6c54)c3)cc2)cc1. The first-order valence-corrected chi connectivity index (χ1v) is 20.8. The summed E-state index contributed by atoms with van der Waals surface area (Å²) in [7, 11) is 0. The number of benzene rings is 9. The van der Waals surface area contributed by atoms with Gasteiger partial charge >= 0.3 is 0 Å². The number of rotatable bonds is 7. The molecule has 0 saturated heterocycles. The third-order valence-electron chi connectivity index (χ3n) is 11.9. The van der Waals surface area contributed by atoms with Crippen molar-refractivity contribution in [3.8, 4) is 73.2 Å². The Kier molecular flexibility index (Phi) is 8.42. The summed E-state index contributed by atoms with van der Waals surface area (Å²) in [6, 6.07) is 76.3. The molecule has 0 unspecified atom stereocenters. The predicted octanol–water partition coefficient (Wildman–Crippen LogP) is 14.9. The molecule has 0 aliphatic carbocycles. The lowest BCUT2D eigenvalue weighted by atomic mass is 10.00. The van der Waals surface area contributed by atoms with Gasteiger partial charge in [-0.15, -0.1) is 0 Å². The molecular formula is C57H36N4O. The Labute approximate surface area is 357 Å². The van der Waals surface area contributed by atoms with Gasteiger partial charge in [0.1, 0.15) is 5.58 Å². The highest BCUT2D eigenvalue weighted by molar-refractivity contribution is 6.21. The summed E-state index contributed by atoms with van der Waals surface area (Å²) in [5.74, 6) is 1.83. The molecule has 12 rings (SSSR count). The average molecular weight is 793 g/mol. The fourth-order valence-corrected chi connectivity index (χ4v) is 8.82. The standard InChI is InChI=1S/C57H36N4O/c1-4-14-37(15-5-1)39-26-28-40(29-27-39)43-21-13-23-46(35-43)61-51-25-11-10-24-47(51)48-31-32-49-50-36-45(30-33-52(50)62-54(49)53(48)61)57-59-55(41-18-8-3-9-19-41)58-56(60-57)44-22-12-20-42(34-44)38-16-6-2-7-17-38/h1-36H. The molecule has 9 aromatic carbocycles. The highest BCUT2D eigenvalue weighted by Gasteiger charge is 2.21. The molecule has 290 valence electrons. The summed E-state index contributed by atoms with van der Waals surface area (Å²) in [6.45, 7) is 0. The Balaban J connectivity index is 1.00. The van der Waals surface area contributed by atoms with Crippen LogP contribution in [0.1, 0.15) is 0 Å². The Morgan fingerprint density at radius 3 is 1.50 bits per heavy atom. The zero-order valence-corrected chi connectivity index (χ0v) is 33.5. The van der Waals surface area contributed by atoms with Crippen molar-refractivity contribution in [3.05, 3.63) is 218 Å². The van der Waals surface area contributed by atoms with Gasteiger partial charge in [0.15, 0.2) is 23.1 Å². The van der Waals surface area contributed by atoms with Crippen LogP contribution in [0.25, 0.3) is 117 Å². The van der Waals surface area contributed by atoms with E-state index < -0.39 is 0 Å². The molecule has 0 aliphatic rings. The van der Waals surface area contributed by atoms with Gasteiger partial charge in [-0.1, -0.05) is 170 Å². The second-order valence-corrected chi connectivity index (χ2v) is 15.6. The van der Waals surface area contributed by atoms with E-state index in [4.69, 9.17) is 19.4 Å². The quantitative estimate of drug-likeness (QED) is 0.161. The van der Waals surface area contributed by atoms with E-state index in [1.807, 2.05) is 42.5 Å². The summed E-state index contributed by atoms with van der Waals surface area (Å²) in [5, 5.41) is 4.33. The second kappa shape index (κ2) is 14.7. The van der Waals surface area contributed by atoms with Crippen LogP contribution in [0.15, 0.2) is 223 Å². The molecule has 12 aromatic rings. The molecule has 0 spiro atoms. The zero-order valence-electron chi connectivity index (χ0n) is 33.5. The average Bonchev–Trinajstić information content (AvgIpc) is 3.90. The summed E-state index contributed by atoms with van der Waals surface area (Å²) >= 11 is 0. The van der Waals surface area contributed by atoms with E-state index in [-0.39, 0.29) is 0 Å². The van der Waals surface area contributed by atoms with Crippen LogP contribution in [-0.2, 0) is 0 Å². The first-order valence-electron chi connectivity index (χ1n) is 20.8. The van der Waals surface area contributed by atoms with Gasteiger partial charge in [0.05, 0.1) is 11.0 Å². The van der Waals surface area contributed by atoms with Crippen molar-refractivity contribution < 1.29 is 4.42 Å². The Morgan fingerprint density at radius 1 is 0.306 bits per heavy atom. The van der Waals surface area contributed by atoms with Crippen molar-refractivity contribution in [2.24, 2.45) is 0 Å². The van der Waals surface area contributed by atoms with Crippen molar-refractivity contribution in [1.82, 2.24) is 19.5 Å². The van der Waals surface area contributed by atoms with Crippen LogP contribution in [0.4, 0.5) is 0 Å². The molecule has 0 atom stereocenters. The molecule has 0 radical (unpaired) electrons. The van der Waals surface area contributed by atoms with Gasteiger partial charge in [-0.05, 0) is 81.9 Å². The normalized spacial score (nSPS) is 11.5. The van der Waals surface area contributed by atoms with E-state index in [2.05, 4.69) is 180 Å². The summed E-state index contributed by atoms with van der Waals surface area (Å²) in [4.78, 5) is 15.2.